The smallest absolute Gasteiger partial charge is 0.252 e. The number of carbonyl (C=O) groups is 10. The van der Waals surface area contributed by atoms with E-state index < -0.39 is 132 Å². The van der Waals surface area contributed by atoms with Gasteiger partial charge in [0, 0.05) is 96.3 Å². The average Bonchev–Trinajstić information content (AvgIpc) is 1.64. The van der Waals surface area contributed by atoms with Crippen LogP contribution in [0.2, 0.25) is 0 Å². The first kappa shape index (κ1) is 75.8. The molecule has 4 bridgehead atoms. The fourth-order valence-corrected chi connectivity index (χ4v) is 16.0. The summed E-state index contributed by atoms with van der Waals surface area (Å²) in [6.07, 6.45) is 3.90. The zero-order valence-electron chi connectivity index (χ0n) is 58.1. The van der Waals surface area contributed by atoms with Gasteiger partial charge in [0.2, 0.25) is 41.4 Å². The lowest BCUT2D eigenvalue weighted by Gasteiger charge is -2.37. The standard InChI is InChI=1S/C79H85F2N11O11S2/c1-79-29-10-31-92(79)78(103)65(34-47-18-25-57(93)26-19-47)88-72(98)43-91-67-17-6-5-15-58(67)73(51-13-3-2-4-14-51)89-66(77(91)102)40-68(94)63(36-53-41-84-61-27-24-56(81)39-60(53)61)90-76(101)64(35-52-21-20-50-22-23-55(80)38-59(50)52)87-71(97)42-85-75(100)62(16-7-8-30-82)86-70(96)28-32-104-44-48-11-9-12-49(33-48)45-105-46-54(74(83)99)37-69(79)95/h2-6,9,11-15,17-19,21-27,33,38-39,41,54,62-66,84,93H,7-8,10,16,20,28-32,34-37,40,42-46,82H2,1H3,(H2,83,99)(H,85,100)(H,86,96)(H,87,97)(H,88,98)(H,90,101)/t54-,62-,63-,64-,65-,66-,79-/m0/s1. The lowest BCUT2D eigenvalue weighted by atomic mass is 9.86. The molecular formula is C79H85F2N11O11S2. The summed E-state index contributed by atoms with van der Waals surface area (Å²) in [6, 6.07) is 30.4. The molecule has 8 amide bonds. The van der Waals surface area contributed by atoms with Gasteiger partial charge in [0.05, 0.1) is 35.4 Å². The van der Waals surface area contributed by atoms with E-state index in [1.165, 1.54) is 75.8 Å². The molecule has 548 valence electrons. The normalized spacial score (nSPS) is 22.6. The first-order valence-corrected chi connectivity index (χ1v) is 37.5. The molecule has 26 heteroatoms. The molecule has 6 aromatic carbocycles. The topological polar surface area (TPSA) is 338 Å². The molecule has 22 nitrogen and oxygen atoms in total. The Morgan fingerprint density at radius 2 is 1.42 bits per heavy atom. The number of H-pyrrole nitrogens is 1. The minimum atomic E-state index is -1.63. The molecule has 1 fully saturated rings. The number of para-hydroxylation sites is 1. The van der Waals surface area contributed by atoms with E-state index in [2.05, 4.69) is 31.6 Å². The number of hydrogen-bond acceptors (Lipinski definition) is 15. The Labute approximate surface area is 615 Å². The van der Waals surface area contributed by atoms with Crippen LogP contribution in [0.1, 0.15) is 109 Å². The van der Waals surface area contributed by atoms with Gasteiger partial charge in [0.1, 0.15) is 48.1 Å². The Morgan fingerprint density at radius 3 is 2.19 bits per heavy atom. The summed E-state index contributed by atoms with van der Waals surface area (Å²) >= 11 is 2.92. The molecule has 0 spiro atoms. The molecule has 1 aromatic heterocycles. The summed E-state index contributed by atoms with van der Waals surface area (Å²) in [5.41, 5.74) is 16.8. The highest BCUT2D eigenvalue weighted by Crippen LogP contribution is 2.36. The highest BCUT2D eigenvalue weighted by molar-refractivity contribution is 7.98. The number of ketones is 2. The molecule has 0 radical (unpaired) electrons. The summed E-state index contributed by atoms with van der Waals surface area (Å²) in [5.74, 6) is -7.54. The third-order valence-electron chi connectivity index (χ3n) is 19.6. The molecule has 1 saturated heterocycles. The number of aromatic hydroxyl groups is 1. The number of amides is 8. The molecule has 105 heavy (non-hydrogen) atoms. The van der Waals surface area contributed by atoms with Gasteiger partial charge in [0.15, 0.2) is 11.6 Å². The maximum atomic E-state index is 15.8. The minimum absolute atomic E-state index is 0.0441. The van der Waals surface area contributed by atoms with Crippen molar-refractivity contribution in [2.24, 2.45) is 22.4 Å². The van der Waals surface area contributed by atoms with E-state index in [0.717, 1.165) is 16.7 Å². The van der Waals surface area contributed by atoms with E-state index in [1.807, 2.05) is 24.3 Å². The summed E-state index contributed by atoms with van der Waals surface area (Å²) in [4.78, 5) is 158. The minimum Gasteiger partial charge on any atom is -0.508 e. The lowest BCUT2D eigenvalue weighted by Crippen LogP contribution is -2.59. The third-order valence-corrected chi connectivity index (χ3v) is 21.9. The van der Waals surface area contributed by atoms with Crippen molar-refractivity contribution in [3.8, 4) is 5.75 Å². The number of Topliss-reactive ketones (excluding diaryl/α,β-unsaturated/α-hetero) is 2. The van der Waals surface area contributed by atoms with E-state index >= 15 is 32.8 Å². The van der Waals surface area contributed by atoms with Crippen LogP contribution in [0.25, 0.3) is 16.5 Å². The molecule has 1 aliphatic carbocycles. The number of aromatic amines is 1. The van der Waals surface area contributed by atoms with Crippen LogP contribution in [0.3, 0.4) is 0 Å². The summed E-state index contributed by atoms with van der Waals surface area (Å²) in [6.45, 7) is 0.660. The molecule has 4 heterocycles. The second kappa shape index (κ2) is 35.0. The van der Waals surface area contributed by atoms with E-state index in [0.29, 0.717) is 93.8 Å². The number of halogens is 2. The summed E-state index contributed by atoms with van der Waals surface area (Å²) < 4.78 is 30.2. The van der Waals surface area contributed by atoms with Gasteiger partial charge in [-0.25, -0.2) is 8.78 Å². The van der Waals surface area contributed by atoms with Crippen molar-refractivity contribution >= 4 is 110 Å². The van der Waals surface area contributed by atoms with Crippen LogP contribution >= 0.6 is 23.5 Å². The number of primary amides is 1. The predicted molar refractivity (Wildman–Crippen MR) is 399 cm³/mol. The highest BCUT2D eigenvalue weighted by atomic mass is 32.2. The summed E-state index contributed by atoms with van der Waals surface area (Å²) in [5, 5.41) is 24.6. The van der Waals surface area contributed by atoms with Gasteiger partial charge in [-0.2, -0.15) is 23.5 Å². The van der Waals surface area contributed by atoms with Crippen molar-refractivity contribution in [1.29, 1.82) is 0 Å². The van der Waals surface area contributed by atoms with E-state index in [1.54, 1.807) is 92.0 Å². The van der Waals surface area contributed by atoms with Gasteiger partial charge < -0.3 is 57.9 Å². The number of carbonyl (C=O) groups excluding carboxylic acids is 10. The Hall–Kier alpha value is -10.3. The van der Waals surface area contributed by atoms with Crippen LogP contribution in [-0.2, 0) is 78.7 Å². The van der Waals surface area contributed by atoms with Gasteiger partial charge >= 0.3 is 0 Å². The second-order valence-electron chi connectivity index (χ2n) is 27.1. The fourth-order valence-electron chi connectivity index (χ4n) is 14.0. The van der Waals surface area contributed by atoms with Crippen LogP contribution in [0.15, 0.2) is 157 Å². The first-order chi connectivity index (χ1) is 50.6. The molecule has 4 aliphatic rings. The molecule has 7 aromatic rings. The van der Waals surface area contributed by atoms with E-state index in [-0.39, 0.29) is 74.4 Å². The Balaban J connectivity index is 0.954. The van der Waals surface area contributed by atoms with E-state index in [9.17, 15) is 29.1 Å². The number of aliphatic imine (C=N–C) groups is 1. The number of phenolic OH excluding ortho intramolecular Hbond substituents is 1. The maximum absolute atomic E-state index is 15.8. The van der Waals surface area contributed by atoms with Gasteiger partial charge in [-0.15, -0.1) is 0 Å². The lowest BCUT2D eigenvalue weighted by molar-refractivity contribution is -0.146. The van der Waals surface area contributed by atoms with Crippen LogP contribution in [0.4, 0.5) is 14.5 Å². The number of unbranched alkanes of at least 4 members (excludes halogenated alkanes) is 1. The Bertz CT molecular complexity index is 4500. The monoisotopic (exact) mass is 1470 g/mol. The van der Waals surface area contributed by atoms with Crippen molar-refractivity contribution < 1.29 is 61.8 Å². The molecule has 0 unspecified atom stereocenters. The number of phenols is 1. The van der Waals surface area contributed by atoms with Crippen molar-refractivity contribution in [2.75, 3.05) is 42.6 Å². The fraction of sp³-hybridized carbons (Fsp3) is 0.354. The summed E-state index contributed by atoms with van der Waals surface area (Å²) in [7, 11) is 0. The van der Waals surface area contributed by atoms with Crippen LogP contribution < -0.4 is 43.0 Å². The number of nitrogens with one attached hydrogen (secondary N) is 6. The Morgan fingerprint density at radius 1 is 0.695 bits per heavy atom. The molecule has 11 rings (SSSR count). The number of aromatic nitrogens is 1. The maximum Gasteiger partial charge on any atom is 0.252 e. The molecule has 0 saturated carbocycles. The van der Waals surface area contributed by atoms with Gasteiger partial charge in [0.25, 0.3) is 5.91 Å². The molecule has 3 aliphatic heterocycles. The number of rotatable bonds is 12. The largest absolute Gasteiger partial charge is 0.508 e. The predicted octanol–water partition coefficient (Wildman–Crippen LogP) is 7.38. The van der Waals surface area contributed by atoms with E-state index in [4.69, 9.17) is 16.5 Å². The van der Waals surface area contributed by atoms with Crippen molar-refractivity contribution in [3.63, 3.8) is 0 Å². The number of anilines is 1. The number of fused-ring (bicyclic) bond motifs is 9. The average molecular weight is 1470 g/mol. The second-order valence-corrected chi connectivity index (χ2v) is 29.3. The molecular weight excluding hydrogens is 1380 g/mol. The number of hydrogen-bond donors (Lipinski definition) is 9. The van der Waals surface area contributed by atoms with Crippen molar-refractivity contribution in [3.05, 3.63) is 208 Å². The van der Waals surface area contributed by atoms with Crippen LogP contribution in [0.5, 0.6) is 5.75 Å². The molecule has 7 atom stereocenters. The zero-order chi connectivity index (χ0) is 74.3. The van der Waals surface area contributed by atoms with Crippen molar-refractivity contribution in [1.82, 2.24) is 36.5 Å². The number of benzene rings is 6. The quantitative estimate of drug-likeness (QED) is 0.0539. The number of allylic oxidation sites excluding steroid dienone is 1. The first-order valence-electron chi connectivity index (χ1n) is 35.2. The number of nitrogens with two attached hydrogens (primary N) is 2. The van der Waals surface area contributed by atoms with Gasteiger partial charge in [-0.1, -0.05) is 97.1 Å². The van der Waals surface area contributed by atoms with Crippen LogP contribution in [-0.4, -0.2) is 153 Å². The SMILES string of the molecule is C[C@@]12CCCN1C(=O)[C@H](Cc1ccc(O)cc1)NC(=O)CN1C(=O)[C@H](CC(=O)[C@H](Cc3c[nH]c4ccc(F)cc34)NC(=O)[C@H](CC3=CCc4ccc(F)cc43)NC(=O)CNC(=O)[C@H](CCCCN)NC(=O)CCSCc3cccc(c3)CSC[C@@H](C(N)=O)CC2=O)N=C(c2ccccc2)c2ccccc21. The Kier molecular flexibility index (Phi) is 25.3. The van der Waals surface area contributed by atoms with Crippen LogP contribution in [0, 0.1) is 17.6 Å². The molecule has 11 N–H and O–H groups in total. The zero-order valence-corrected chi connectivity index (χ0v) is 59.8. The van der Waals surface area contributed by atoms with Gasteiger partial charge in [-0.05, 0) is 139 Å². The number of thioether (sulfide) groups is 2. The highest BCUT2D eigenvalue weighted by Gasteiger charge is 2.48. The third kappa shape index (κ3) is 19.2. The van der Waals surface area contributed by atoms with Crippen molar-refractivity contribution in [2.45, 2.75) is 131 Å². The van der Waals surface area contributed by atoms with Gasteiger partial charge in [-0.3, -0.25) is 52.9 Å². The number of nitrogens with zero attached hydrogens (tertiary/aromatic N) is 3.